The first kappa shape index (κ1) is 28.8. The number of sulfonamides is 1. The van der Waals surface area contributed by atoms with Crippen molar-refractivity contribution in [1.82, 2.24) is 10.2 Å². The molecule has 3 rings (SSSR count). The van der Waals surface area contributed by atoms with E-state index in [4.69, 9.17) is 0 Å². The Morgan fingerprint density at radius 3 is 2.08 bits per heavy atom. The monoisotopic (exact) mass is 539 g/mol. The van der Waals surface area contributed by atoms with Gasteiger partial charge in [0.2, 0.25) is 11.8 Å². The zero-order valence-electron chi connectivity index (χ0n) is 22.1. The number of nitrogens with zero attached hydrogens (tertiary/aromatic N) is 2. The summed E-state index contributed by atoms with van der Waals surface area (Å²) in [5, 5.41) is 2.87. The van der Waals surface area contributed by atoms with Crippen molar-refractivity contribution in [3.63, 3.8) is 0 Å². The van der Waals surface area contributed by atoms with Crippen LogP contribution in [0.3, 0.4) is 0 Å². The summed E-state index contributed by atoms with van der Waals surface area (Å²) in [6.07, 6.45) is 0.339. The van der Waals surface area contributed by atoms with Gasteiger partial charge in [0, 0.05) is 12.6 Å². The van der Waals surface area contributed by atoms with Crippen LogP contribution in [0.15, 0.2) is 83.8 Å². The number of para-hydroxylation sites is 1. The summed E-state index contributed by atoms with van der Waals surface area (Å²) in [5.74, 6) is -1.42. The smallest absolute Gasteiger partial charge is 0.264 e. The minimum atomic E-state index is -4.23. The molecule has 0 saturated heterocycles. The van der Waals surface area contributed by atoms with Gasteiger partial charge >= 0.3 is 0 Å². The van der Waals surface area contributed by atoms with Gasteiger partial charge in [-0.15, -0.1) is 0 Å². The highest BCUT2D eigenvalue weighted by Gasteiger charge is 2.33. The van der Waals surface area contributed by atoms with Gasteiger partial charge in [0.15, 0.2) is 0 Å². The predicted molar refractivity (Wildman–Crippen MR) is 146 cm³/mol. The largest absolute Gasteiger partial charge is 0.352 e. The predicted octanol–water partition coefficient (Wildman–Crippen LogP) is 4.66. The van der Waals surface area contributed by atoms with Crippen LogP contribution < -0.4 is 9.62 Å². The van der Waals surface area contributed by atoms with Gasteiger partial charge in [-0.25, -0.2) is 12.8 Å². The van der Waals surface area contributed by atoms with E-state index >= 15 is 0 Å². The molecule has 38 heavy (non-hydrogen) atoms. The number of hydrogen-bond acceptors (Lipinski definition) is 4. The van der Waals surface area contributed by atoms with Crippen LogP contribution >= 0.6 is 0 Å². The summed E-state index contributed by atoms with van der Waals surface area (Å²) in [4.78, 5) is 28.3. The molecule has 0 fully saturated rings. The van der Waals surface area contributed by atoms with Crippen LogP contribution in [0, 0.1) is 12.7 Å². The number of hydrogen-bond donors (Lipinski definition) is 1. The van der Waals surface area contributed by atoms with Crippen LogP contribution in [0.5, 0.6) is 0 Å². The van der Waals surface area contributed by atoms with Crippen LogP contribution in [0.4, 0.5) is 10.1 Å². The van der Waals surface area contributed by atoms with Gasteiger partial charge in [-0.05, 0) is 69.2 Å². The molecule has 0 aliphatic carbocycles. The van der Waals surface area contributed by atoms with E-state index in [1.54, 1.807) is 30.3 Å². The minimum absolute atomic E-state index is 0.127. The molecule has 3 aromatic rings. The molecule has 1 N–H and O–H groups in total. The fraction of sp³-hybridized carbons (Fsp3) is 0.310. The third-order valence-corrected chi connectivity index (χ3v) is 7.80. The second kappa shape index (κ2) is 12.7. The molecule has 1 atom stereocenters. The van der Waals surface area contributed by atoms with E-state index in [9.17, 15) is 22.4 Å². The number of nitrogens with one attached hydrogen (secondary N) is 1. The molecule has 0 aliphatic rings. The van der Waals surface area contributed by atoms with Gasteiger partial charge in [-0.2, -0.15) is 0 Å². The highest BCUT2D eigenvalue weighted by Crippen LogP contribution is 2.25. The zero-order valence-corrected chi connectivity index (χ0v) is 22.9. The number of aryl methyl sites for hydroxylation is 1. The summed E-state index contributed by atoms with van der Waals surface area (Å²) in [7, 11) is -4.23. The maximum absolute atomic E-state index is 13.9. The number of anilines is 1. The Morgan fingerprint density at radius 1 is 0.921 bits per heavy atom. The Kier molecular flexibility index (Phi) is 9.63. The van der Waals surface area contributed by atoms with E-state index in [1.165, 1.54) is 17.0 Å². The van der Waals surface area contributed by atoms with Gasteiger partial charge in [0.25, 0.3) is 10.0 Å². The third-order valence-electron chi connectivity index (χ3n) is 6.02. The molecule has 1 unspecified atom stereocenters. The molecule has 7 nitrogen and oxygen atoms in total. The summed E-state index contributed by atoms with van der Waals surface area (Å²) in [6, 6.07) is 19.4. The topological polar surface area (TPSA) is 86.8 Å². The van der Waals surface area contributed by atoms with E-state index in [0.29, 0.717) is 6.42 Å². The van der Waals surface area contributed by atoms with Gasteiger partial charge in [-0.3, -0.25) is 13.9 Å². The van der Waals surface area contributed by atoms with E-state index in [1.807, 2.05) is 52.0 Å². The average molecular weight is 540 g/mol. The lowest BCUT2D eigenvalue weighted by Gasteiger charge is -2.33. The summed E-state index contributed by atoms with van der Waals surface area (Å²) < 4.78 is 41.9. The van der Waals surface area contributed by atoms with Gasteiger partial charge in [0.1, 0.15) is 18.4 Å². The first-order valence-corrected chi connectivity index (χ1v) is 14.0. The zero-order chi connectivity index (χ0) is 27.9. The minimum Gasteiger partial charge on any atom is -0.352 e. The van der Waals surface area contributed by atoms with Gasteiger partial charge in [-0.1, -0.05) is 55.0 Å². The third kappa shape index (κ3) is 7.19. The Bertz CT molecular complexity index is 1330. The van der Waals surface area contributed by atoms with Crippen LogP contribution in [0.2, 0.25) is 0 Å². The Morgan fingerprint density at radius 2 is 1.53 bits per heavy atom. The van der Waals surface area contributed by atoms with E-state index in [0.717, 1.165) is 27.6 Å². The normalized spacial score (nSPS) is 12.2. The van der Waals surface area contributed by atoms with Crippen molar-refractivity contribution in [3.05, 3.63) is 95.8 Å². The van der Waals surface area contributed by atoms with Crippen LogP contribution in [0.25, 0.3) is 0 Å². The highest BCUT2D eigenvalue weighted by molar-refractivity contribution is 7.92. The summed E-state index contributed by atoms with van der Waals surface area (Å²) in [6.45, 7) is 7.02. The highest BCUT2D eigenvalue weighted by atomic mass is 32.2. The maximum Gasteiger partial charge on any atom is 0.264 e. The maximum atomic E-state index is 13.9. The van der Waals surface area contributed by atoms with Crippen molar-refractivity contribution in [2.24, 2.45) is 0 Å². The van der Waals surface area contributed by atoms with E-state index < -0.39 is 34.3 Å². The summed E-state index contributed by atoms with van der Waals surface area (Å²) in [5.41, 5.74) is 2.14. The number of benzene rings is 3. The molecule has 0 aromatic heterocycles. The molecule has 202 valence electrons. The average Bonchev–Trinajstić information content (AvgIpc) is 2.88. The van der Waals surface area contributed by atoms with Crippen molar-refractivity contribution in [2.75, 3.05) is 10.8 Å². The number of carbonyl (C=O) groups is 2. The lowest BCUT2D eigenvalue weighted by Crippen LogP contribution is -2.53. The Hall–Kier alpha value is -3.72. The first-order valence-electron chi connectivity index (χ1n) is 12.5. The molecule has 0 saturated carbocycles. The SMILES string of the molecule is CCC(C(=O)NC(C)C)N(Cc1ccc(C)cc1)C(=O)CN(c1ccccc1)S(=O)(=O)c1ccc(F)cc1. The van der Waals surface area contributed by atoms with Crippen LogP contribution in [-0.2, 0) is 26.2 Å². The second-order valence-electron chi connectivity index (χ2n) is 9.40. The standard InChI is InChI=1S/C29H34FN3O4S/c1-5-27(29(35)31-21(2)3)32(19-23-13-11-22(4)12-14-23)28(34)20-33(25-9-7-6-8-10-25)38(36,37)26-17-15-24(30)16-18-26/h6-18,21,27H,5,19-20H2,1-4H3,(H,31,35). The number of rotatable bonds is 11. The molecular formula is C29H34FN3O4S. The van der Waals surface area contributed by atoms with E-state index in [-0.39, 0.29) is 29.1 Å². The molecule has 0 bridgehead atoms. The molecule has 0 radical (unpaired) electrons. The molecule has 0 aliphatic heterocycles. The molecule has 2 amide bonds. The lowest BCUT2D eigenvalue weighted by atomic mass is 10.1. The Labute approximate surface area is 224 Å². The van der Waals surface area contributed by atoms with Gasteiger partial charge in [0.05, 0.1) is 10.6 Å². The lowest BCUT2D eigenvalue weighted by molar-refractivity contribution is -0.140. The number of carbonyl (C=O) groups excluding carboxylic acids is 2. The number of amides is 2. The molecular weight excluding hydrogens is 505 g/mol. The fourth-order valence-electron chi connectivity index (χ4n) is 4.05. The molecule has 0 spiro atoms. The van der Waals surface area contributed by atoms with Crippen LogP contribution in [-0.4, -0.2) is 43.8 Å². The van der Waals surface area contributed by atoms with Crippen molar-refractivity contribution in [3.8, 4) is 0 Å². The molecule has 9 heteroatoms. The van der Waals surface area contributed by atoms with Crippen molar-refractivity contribution in [2.45, 2.75) is 57.6 Å². The van der Waals surface area contributed by atoms with Crippen molar-refractivity contribution < 1.29 is 22.4 Å². The van der Waals surface area contributed by atoms with Crippen molar-refractivity contribution in [1.29, 1.82) is 0 Å². The first-order chi connectivity index (χ1) is 18.0. The molecule has 3 aromatic carbocycles. The summed E-state index contributed by atoms with van der Waals surface area (Å²) >= 11 is 0. The van der Waals surface area contributed by atoms with Gasteiger partial charge < -0.3 is 10.2 Å². The number of halogens is 1. The Balaban J connectivity index is 2.03. The quantitative estimate of drug-likeness (QED) is 0.384. The van der Waals surface area contributed by atoms with Crippen molar-refractivity contribution >= 4 is 27.5 Å². The van der Waals surface area contributed by atoms with E-state index in [2.05, 4.69) is 5.32 Å². The molecule has 0 heterocycles. The second-order valence-corrected chi connectivity index (χ2v) is 11.3. The fourth-order valence-corrected chi connectivity index (χ4v) is 5.46. The van der Waals surface area contributed by atoms with Crippen LogP contribution in [0.1, 0.15) is 38.3 Å².